The molecule has 27 heavy (non-hydrogen) atoms. The Hall–Kier alpha value is -2.77. The highest BCUT2D eigenvalue weighted by Crippen LogP contribution is 2.18. The minimum atomic E-state index is -0.300. The number of hydrogen-bond acceptors (Lipinski definition) is 5. The van der Waals surface area contributed by atoms with Crippen LogP contribution in [0.5, 0.6) is 5.75 Å². The van der Waals surface area contributed by atoms with Crippen molar-refractivity contribution in [3.05, 3.63) is 76.3 Å². The Kier molecular flexibility index (Phi) is 6.16. The zero-order chi connectivity index (χ0) is 19.2. The number of rotatable bonds is 6. The van der Waals surface area contributed by atoms with Gasteiger partial charge in [-0.25, -0.2) is 4.98 Å². The summed E-state index contributed by atoms with van der Waals surface area (Å²) in [6.07, 6.45) is 3.10. The lowest BCUT2D eigenvalue weighted by Gasteiger charge is -2.09. The van der Waals surface area contributed by atoms with Crippen LogP contribution in [0.15, 0.2) is 70.7 Å². The Bertz CT molecular complexity index is 1020. The Labute approximate surface area is 165 Å². The van der Waals surface area contributed by atoms with Crippen LogP contribution in [-0.4, -0.2) is 28.3 Å². The molecule has 0 bridgehead atoms. The van der Waals surface area contributed by atoms with E-state index in [2.05, 4.69) is 10.3 Å². The van der Waals surface area contributed by atoms with E-state index in [9.17, 15) is 9.59 Å². The normalized spacial score (nSPS) is 10.4. The minimum Gasteiger partial charge on any atom is -0.497 e. The van der Waals surface area contributed by atoms with E-state index in [-0.39, 0.29) is 22.2 Å². The van der Waals surface area contributed by atoms with E-state index in [4.69, 9.17) is 16.3 Å². The number of carbonyl (C=O) groups is 1. The fraction of sp³-hybridized carbons (Fsp3) is 0.105. The number of hydrogen-bond donors (Lipinski definition) is 1. The van der Waals surface area contributed by atoms with Crippen molar-refractivity contribution >= 4 is 35.0 Å². The monoisotopic (exact) mass is 401 g/mol. The van der Waals surface area contributed by atoms with Crippen molar-refractivity contribution in [3.63, 3.8) is 0 Å². The molecule has 3 rings (SSSR count). The first kappa shape index (κ1) is 19.0. The Balaban J connectivity index is 1.72. The number of halogens is 1. The molecule has 0 aliphatic heterocycles. The SMILES string of the molecule is COc1cccc(-n2ccnc(SCC(=O)Nc3cccc(Cl)c3)c2=O)c1. The van der Waals surface area contributed by atoms with Crippen molar-refractivity contribution in [1.29, 1.82) is 0 Å². The minimum absolute atomic E-state index is 0.0525. The van der Waals surface area contributed by atoms with Gasteiger partial charge in [0, 0.05) is 29.2 Å². The summed E-state index contributed by atoms with van der Waals surface area (Å²) in [7, 11) is 1.56. The third kappa shape index (κ3) is 4.90. The van der Waals surface area contributed by atoms with Crippen LogP contribution in [0.25, 0.3) is 5.69 Å². The van der Waals surface area contributed by atoms with E-state index in [1.807, 2.05) is 0 Å². The molecule has 0 atom stereocenters. The standard InChI is InChI=1S/C19H16ClN3O3S/c1-26-16-7-3-6-15(11-16)23-9-8-21-18(19(23)25)27-12-17(24)22-14-5-2-4-13(20)10-14/h2-11H,12H2,1H3,(H,22,24). The van der Waals surface area contributed by atoms with Gasteiger partial charge >= 0.3 is 0 Å². The Morgan fingerprint density at radius 3 is 2.85 bits per heavy atom. The Morgan fingerprint density at radius 2 is 2.07 bits per heavy atom. The second kappa shape index (κ2) is 8.75. The van der Waals surface area contributed by atoms with Gasteiger partial charge in [0.05, 0.1) is 18.6 Å². The highest BCUT2D eigenvalue weighted by Gasteiger charge is 2.11. The number of aromatic nitrogens is 2. The smallest absolute Gasteiger partial charge is 0.287 e. The molecular formula is C19H16ClN3O3S. The van der Waals surface area contributed by atoms with Crippen LogP contribution in [0.2, 0.25) is 5.02 Å². The van der Waals surface area contributed by atoms with Crippen molar-refractivity contribution in [2.24, 2.45) is 0 Å². The van der Waals surface area contributed by atoms with Crippen LogP contribution >= 0.6 is 23.4 Å². The molecule has 1 aromatic heterocycles. The molecule has 0 saturated carbocycles. The summed E-state index contributed by atoms with van der Waals surface area (Å²) in [5, 5.41) is 3.51. The lowest BCUT2D eigenvalue weighted by Crippen LogP contribution is -2.22. The highest BCUT2D eigenvalue weighted by molar-refractivity contribution is 7.99. The molecule has 2 aromatic carbocycles. The van der Waals surface area contributed by atoms with Gasteiger partial charge in [-0.05, 0) is 30.3 Å². The molecule has 1 amide bonds. The Morgan fingerprint density at radius 1 is 1.26 bits per heavy atom. The van der Waals surface area contributed by atoms with E-state index >= 15 is 0 Å². The molecule has 8 heteroatoms. The van der Waals surface area contributed by atoms with Gasteiger partial charge in [-0.2, -0.15) is 0 Å². The van der Waals surface area contributed by atoms with Gasteiger partial charge in [-0.15, -0.1) is 0 Å². The average molecular weight is 402 g/mol. The van der Waals surface area contributed by atoms with Gasteiger partial charge in [-0.3, -0.25) is 14.2 Å². The quantitative estimate of drug-likeness (QED) is 0.638. The molecule has 0 unspecified atom stereocenters. The molecule has 1 heterocycles. The van der Waals surface area contributed by atoms with Gasteiger partial charge in [0.25, 0.3) is 5.56 Å². The van der Waals surface area contributed by atoms with Gasteiger partial charge < -0.3 is 10.1 Å². The number of benzene rings is 2. The van der Waals surface area contributed by atoms with E-state index in [0.29, 0.717) is 22.1 Å². The van der Waals surface area contributed by atoms with Crippen LogP contribution < -0.4 is 15.6 Å². The second-order valence-corrected chi connectivity index (χ2v) is 6.86. The van der Waals surface area contributed by atoms with E-state index in [1.165, 1.54) is 10.8 Å². The van der Waals surface area contributed by atoms with Crippen molar-refractivity contribution in [2.45, 2.75) is 5.03 Å². The fourth-order valence-corrected chi connectivity index (χ4v) is 3.24. The molecule has 0 fully saturated rings. The first-order chi connectivity index (χ1) is 13.1. The topological polar surface area (TPSA) is 73.2 Å². The number of carbonyl (C=O) groups excluding carboxylic acids is 1. The largest absolute Gasteiger partial charge is 0.497 e. The third-order valence-corrected chi connectivity index (χ3v) is 4.78. The van der Waals surface area contributed by atoms with Crippen LogP contribution in [0.4, 0.5) is 5.69 Å². The fourth-order valence-electron chi connectivity index (χ4n) is 2.35. The summed E-state index contributed by atoms with van der Waals surface area (Å²) in [4.78, 5) is 28.9. The van der Waals surface area contributed by atoms with Gasteiger partial charge in [0.2, 0.25) is 5.91 Å². The molecule has 0 aliphatic rings. The number of nitrogens with zero attached hydrogens (tertiary/aromatic N) is 2. The molecule has 0 aliphatic carbocycles. The first-order valence-corrected chi connectivity index (χ1v) is 9.33. The molecule has 6 nitrogen and oxygen atoms in total. The lowest BCUT2D eigenvalue weighted by molar-refractivity contribution is -0.113. The molecule has 3 aromatic rings. The summed E-state index contributed by atoms with van der Waals surface area (Å²) in [5.41, 5.74) is 0.959. The molecule has 0 radical (unpaired) electrons. The molecular weight excluding hydrogens is 386 g/mol. The summed E-state index contributed by atoms with van der Waals surface area (Å²) in [5.74, 6) is 0.447. The van der Waals surface area contributed by atoms with E-state index in [0.717, 1.165) is 11.8 Å². The van der Waals surface area contributed by atoms with Crippen LogP contribution in [0, 0.1) is 0 Å². The maximum atomic E-state index is 12.7. The zero-order valence-electron chi connectivity index (χ0n) is 14.4. The number of thioether (sulfide) groups is 1. The number of nitrogens with one attached hydrogen (secondary N) is 1. The summed E-state index contributed by atoms with van der Waals surface area (Å²) < 4.78 is 6.66. The summed E-state index contributed by atoms with van der Waals surface area (Å²) in [6, 6.07) is 14.0. The molecule has 0 spiro atoms. The van der Waals surface area contributed by atoms with Crippen molar-refractivity contribution in [2.75, 3.05) is 18.2 Å². The van der Waals surface area contributed by atoms with Crippen LogP contribution in [0.3, 0.4) is 0 Å². The van der Waals surface area contributed by atoms with Crippen LogP contribution in [0.1, 0.15) is 0 Å². The predicted molar refractivity (Wildman–Crippen MR) is 107 cm³/mol. The average Bonchev–Trinajstić information content (AvgIpc) is 2.67. The second-order valence-electron chi connectivity index (χ2n) is 5.46. The predicted octanol–water partition coefficient (Wildman–Crippen LogP) is 3.63. The van der Waals surface area contributed by atoms with Crippen molar-refractivity contribution in [3.8, 4) is 11.4 Å². The zero-order valence-corrected chi connectivity index (χ0v) is 16.0. The third-order valence-electron chi connectivity index (χ3n) is 3.59. The molecule has 1 N–H and O–H groups in total. The molecule has 0 saturated heterocycles. The van der Waals surface area contributed by atoms with E-state index in [1.54, 1.807) is 61.8 Å². The van der Waals surface area contributed by atoms with Gasteiger partial charge in [0.1, 0.15) is 5.75 Å². The maximum absolute atomic E-state index is 12.7. The van der Waals surface area contributed by atoms with Crippen molar-refractivity contribution in [1.82, 2.24) is 9.55 Å². The van der Waals surface area contributed by atoms with Crippen LogP contribution in [-0.2, 0) is 4.79 Å². The first-order valence-electron chi connectivity index (χ1n) is 7.97. The number of methoxy groups -OCH3 is 1. The van der Waals surface area contributed by atoms with Gasteiger partial charge in [0.15, 0.2) is 5.03 Å². The molecule has 138 valence electrons. The highest BCUT2D eigenvalue weighted by atomic mass is 35.5. The van der Waals surface area contributed by atoms with Gasteiger partial charge in [-0.1, -0.05) is 35.5 Å². The maximum Gasteiger partial charge on any atom is 0.287 e. The lowest BCUT2D eigenvalue weighted by atomic mass is 10.3. The summed E-state index contributed by atoms with van der Waals surface area (Å²) in [6.45, 7) is 0. The number of amides is 1. The van der Waals surface area contributed by atoms with E-state index < -0.39 is 0 Å². The number of ether oxygens (including phenoxy) is 1. The summed E-state index contributed by atoms with van der Waals surface area (Å²) >= 11 is 6.98. The number of anilines is 1. The van der Waals surface area contributed by atoms with Crippen molar-refractivity contribution < 1.29 is 9.53 Å².